The number of amides is 1. The lowest BCUT2D eigenvalue weighted by molar-refractivity contribution is -0.121. The largest absolute Gasteiger partial charge is 0.345 e. The molecule has 3 N–H and O–H groups in total. The van der Waals surface area contributed by atoms with Crippen molar-refractivity contribution in [2.24, 2.45) is 0 Å². The van der Waals surface area contributed by atoms with Crippen molar-refractivity contribution in [1.29, 1.82) is 0 Å². The van der Waals surface area contributed by atoms with Crippen molar-refractivity contribution in [3.8, 4) is 0 Å². The number of hydrogen-bond donors (Lipinski definition) is 3. The van der Waals surface area contributed by atoms with Gasteiger partial charge in [0.1, 0.15) is 0 Å². The average molecular weight is 322 g/mol. The van der Waals surface area contributed by atoms with Gasteiger partial charge in [0.2, 0.25) is 5.91 Å². The zero-order valence-electron chi connectivity index (χ0n) is 13.8. The van der Waals surface area contributed by atoms with E-state index in [-0.39, 0.29) is 11.9 Å². The first kappa shape index (κ1) is 16.2. The predicted octanol–water partition coefficient (Wildman–Crippen LogP) is 2.77. The third-order valence-corrected chi connectivity index (χ3v) is 4.05. The molecule has 0 bridgehead atoms. The molecule has 0 spiro atoms. The van der Waals surface area contributed by atoms with Crippen molar-refractivity contribution < 1.29 is 4.79 Å². The molecule has 0 saturated heterocycles. The van der Waals surface area contributed by atoms with Gasteiger partial charge in [-0.1, -0.05) is 36.4 Å². The maximum absolute atomic E-state index is 12.3. The van der Waals surface area contributed by atoms with Crippen LogP contribution in [0.5, 0.6) is 0 Å². The number of nitrogens with zero attached hydrogens (tertiary/aromatic N) is 1. The average Bonchev–Trinajstić information content (AvgIpc) is 3.08. The van der Waals surface area contributed by atoms with Crippen molar-refractivity contribution in [3.63, 3.8) is 0 Å². The monoisotopic (exact) mass is 322 g/mol. The van der Waals surface area contributed by atoms with E-state index in [1.807, 2.05) is 55.6 Å². The summed E-state index contributed by atoms with van der Waals surface area (Å²) in [6.45, 7) is 0.837. The molecule has 0 radical (unpaired) electrons. The number of aromatic nitrogens is 2. The van der Waals surface area contributed by atoms with Gasteiger partial charge in [0.15, 0.2) is 0 Å². The van der Waals surface area contributed by atoms with Gasteiger partial charge in [-0.3, -0.25) is 4.79 Å². The van der Waals surface area contributed by atoms with Gasteiger partial charge in [-0.25, -0.2) is 4.98 Å². The van der Waals surface area contributed by atoms with E-state index in [1.165, 1.54) is 0 Å². The summed E-state index contributed by atoms with van der Waals surface area (Å²) in [5.41, 5.74) is 4.00. The first-order valence-electron chi connectivity index (χ1n) is 8.20. The van der Waals surface area contributed by atoms with E-state index in [0.717, 1.165) is 35.1 Å². The molecular formula is C19H22N4O. The Hall–Kier alpha value is -2.66. The van der Waals surface area contributed by atoms with Crippen LogP contribution in [-0.2, 0) is 4.79 Å². The SMILES string of the molecule is CNCCCC(=O)NC(c1ccccc1)c1ccc2nc[nH]c2c1. The number of nitrogens with one attached hydrogen (secondary N) is 3. The van der Waals surface area contributed by atoms with Gasteiger partial charge in [-0.05, 0) is 43.3 Å². The molecule has 1 atom stereocenters. The molecule has 5 heteroatoms. The number of H-pyrrole nitrogens is 1. The lowest BCUT2D eigenvalue weighted by atomic mass is 9.98. The highest BCUT2D eigenvalue weighted by atomic mass is 16.1. The third kappa shape index (κ3) is 3.81. The molecular weight excluding hydrogens is 300 g/mol. The van der Waals surface area contributed by atoms with Crippen LogP contribution < -0.4 is 10.6 Å². The Labute approximate surface area is 141 Å². The minimum Gasteiger partial charge on any atom is -0.345 e. The Morgan fingerprint density at radius 1 is 1.17 bits per heavy atom. The maximum atomic E-state index is 12.3. The molecule has 1 amide bonds. The molecule has 1 unspecified atom stereocenters. The number of fused-ring (bicyclic) bond motifs is 1. The molecule has 5 nitrogen and oxygen atoms in total. The molecule has 3 aromatic rings. The van der Waals surface area contributed by atoms with E-state index in [2.05, 4.69) is 20.6 Å². The molecule has 124 valence electrons. The van der Waals surface area contributed by atoms with Gasteiger partial charge >= 0.3 is 0 Å². The van der Waals surface area contributed by atoms with Crippen molar-refractivity contribution in [2.45, 2.75) is 18.9 Å². The van der Waals surface area contributed by atoms with Crippen LogP contribution in [0.3, 0.4) is 0 Å². The van der Waals surface area contributed by atoms with Crippen molar-refractivity contribution >= 4 is 16.9 Å². The van der Waals surface area contributed by atoms with Gasteiger partial charge in [-0.15, -0.1) is 0 Å². The van der Waals surface area contributed by atoms with Crippen LogP contribution in [0.15, 0.2) is 54.9 Å². The predicted molar refractivity (Wildman–Crippen MR) is 95.7 cm³/mol. The molecule has 0 saturated carbocycles. The van der Waals surface area contributed by atoms with Crippen LogP contribution >= 0.6 is 0 Å². The molecule has 1 aromatic heterocycles. The fraction of sp³-hybridized carbons (Fsp3) is 0.263. The molecule has 1 heterocycles. The zero-order valence-corrected chi connectivity index (χ0v) is 13.8. The molecule has 0 aliphatic heterocycles. The number of rotatable bonds is 7. The minimum absolute atomic E-state index is 0.0591. The highest BCUT2D eigenvalue weighted by Gasteiger charge is 2.17. The Kier molecular flexibility index (Phi) is 5.23. The number of benzene rings is 2. The number of carbonyl (C=O) groups is 1. The van der Waals surface area contributed by atoms with Crippen molar-refractivity contribution in [2.75, 3.05) is 13.6 Å². The van der Waals surface area contributed by atoms with E-state index in [4.69, 9.17) is 0 Å². The van der Waals surface area contributed by atoms with E-state index in [9.17, 15) is 4.79 Å². The van der Waals surface area contributed by atoms with Crippen LogP contribution in [0.4, 0.5) is 0 Å². The lowest BCUT2D eigenvalue weighted by Gasteiger charge is -2.20. The molecule has 24 heavy (non-hydrogen) atoms. The summed E-state index contributed by atoms with van der Waals surface area (Å²) in [7, 11) is 1.89. The Morgan fingerprint density at radius 2 is 2.00 bits per heavy atom. The first-order chi connectivity index (χ1) is 11.8. The second-order valence-electron chi connectivity index (χ2n) is 5.80. The molecule has 0 aliphatic carbocycles. The number of imidazole rings is 1. The Morgan fingerprint density at radius 3 is 2.79 bits per heavy atom. The summed E-state index contributed by atoms with van der Waals surface area (Å²) < 4.78 is 0. The summed E-state index contributed by atoms with van der Waals surface area (Å²) in [4.78, 5) is 19.7. The van der Waals surface area contributed by atoms with Crippen LogP contribution in [0.25, 0.3) is 11.0 Å². The Bertz CT molecular complexity index is 797. The highest BCUT2D eigenvalue weighted by Crippen LogP contribution is 2.24. The third-order valence-electron chi connectivity index (χ3n) is 4.05. The summed E-state index contributed by atoms with van der Waals surface area (Å²) >= 11 is 0. The van der Waals surface area contributed by atoms with Gasteiger partial charge in [-0.2, -0.15) is 0 Å². The van der Waals surface area contributed by atoms with Crippen molar-refractivity contribution in [3.05, 3.63) is 66.0 Å². The fourth-order valence-corrected chi connectivity index (χ4v) is 2.80. The quantitative estimate of drug-likeness (QED) is 0.586. The second-order valence-corrected chi connectivity index (χ2v) is 5.80. The molecule has 3 rings (SSSR count). The summed E-state index contributed by atoms with van der Waals surface area (Å²) in [6, 6.07) is 15.9. The van der Waals surface area contributed by atoms with Crippen LogP contribution in [0.2, 0.25) is 0 Å². The van der Waals surface area contributed by atoms with Crippen LogP contribution in [-0.4, -0.2) is 29.5 Å². The second kappa shape index (κ2) is 7.75. The van der Waals surface area contributed by atoms with E-state index in [1.54, 1.807) is 6.33 Å². The van der Waals surface area contributed by atoms with E-state index < -0.39 is 0 Å². The standard InChI is InChI=1S/C19H22N4O/c1-20-11-5-8-18(24)23-19(14-6-3-2-4-7-14)15-9-10-16-17(12-15)22-13-21-16/h2-4,6-7,9-10,12-13,19-20H,5,8,11H2,1H3,(H,21,22)(H,23,24). The van der Waals surface area contributed by atoms with Gasteiger partial charge in [0.25, 0.3) is 0 Å². The highest BCUT2D eigenvalue weighted by molar-refractivity contribution is 5.78. The maximum Gasteiger partial charge on any atom is 0.220 e. The number of hydrogen-bond acceptors (Lipinski definition) is 3. The summed E-state index contributed by atoms with van der Waals surface area (Å²) in [6.07, 6.45) is 3.02. The van der Waals surface area contributed by atoms with Gasteiger partial charge in [0, 0.05) is 6.42 Å². The summed E-state index contributed by atoms with van der Waals surface area (Å²) in [5.74, 6) is 0.0591. The number of carbonyl (C=O) groups excluding carboxylic acids is 1. The minimum atomic E-state index is -0.166. The van der Waals surface area contributed by atoms with E-state index >= 15 is 0 Å². The zero-order chi connectivity index (χ0) is 16.8. The van der Waals surface area contributed by atoms with Crippen LogP contribution in [0, 0.1) is 0 Å². The topological polar surface area (TPSA) is 69.8 Å². The Balaban J connectivity index is 1.85. The van der Waals surface area contributed by atoms with Crippen LogP contribution in [0.1, 0.15) is 30.0 Å². The molecule has 2 aromatic carbocycles. The van der Waals surface area contributed by atoms with Gasteiger partial charge in [0.05, 0.1) is 23.4 Å². The molecule has 0 aliphatic rings. The summed E-state index contributed by atoms with van der Waals surface area (Å²) in [5, 5.41) is 6.23. The smallest absolute Gasteiger partial charge is 0.220 e. The van der Waals surface area contributed by atoms with E-state index in [0.29, 0.717) is 6.42 Å². The van der Waals surface area contributed by atoms with Gasteiger partial charge < -0.3 is 15.6 Å². The first-order valence-corrected chi connectivity index (χ1v) is 8.20. The lowest BCUT2D eigenvalue weighted by Crippen LogP contribution is -2.29. The fourth-order valence-electron chi connectivity index (χ4n) is 2.80. The normalized spacial score (nSPS) is 12.2. The van der Waals surface area contributed by atoms with Crippen molar-refractivity contribution in [1.82, 2.24) is 20.6 Å². The molecule has 0 fully saturated rings. The number of aromatic amines is 1.